The topological polar surface area (TPSA) is 70.0 Å². The molecule has 0 unspecified atom stereocenters. The van der Waals surface area contributed by atoms with Crippen molar-refractivity contribution in [3.8, 4) is 0 Å². The Morgan fingerprint density at radius 1 is 1.38 bits per heavy atom. The highest BCUT2D eigenvalue weighted by Crippen LogP contribution is 2.22. The van der Waals surface area contributed by atoms with Crippen molar-refractivity contribution < 1.29 is 19.7 Å². The highest BCUT2D eigenvalue weighted by molar-refractivity contribution is 5.67. The number of carbonyl (C=O) groups excluding carboxylic acids is 1. The first kappa shape index (κ1) is 15.8. The molecule has 1 amide bonds. The number of ether oxygens (including phenoxy) is 1. The molecule has 21 heavy (non-hydrogen) atoms. The van der Waals surface area contributed by atoms with Gasteiger partial charge in [0.1, 0.15) is 6.61 Å². The van der Waals surface area contributed by atoms with Gasteiger partial charge in [-0.15, -0.1) is 0 Å². The van der Waals surface area contributed by atoms with E-state index in [0.29, 0.717) is 19.5 Å². The molecule has 1 heterocycles. The van der Waals surface area contributed by atoms with Crippen LogP contribution in [0.5, 0.6) is 0 Å². The van der Waals surface area contributed by atoms with E-state index in [1.54, 1.807) is 4.90 Å². The smallest absolute Gasteiger partial charge is 0.410 e. The molecule has 0 aromatic heterocycles. The van der Waals surface area contributed by atoms with Gasteiger partial charge in [0.15, 0.2) is 0 Å². The van der Waals surface area contributed by atoms with Crippen LogP contribution in [0, 0.1) is 5.92 Å². The SMILES string of the molecule is O=C(OCc1ccccc1)N1CCC[C@H]([C@H](O)CCO)C1. The van der Waals surface area contributed by atoms with E-state index >= 15 is 0 Å². The molecule has 0 spiro atoms. The maximum atomic E-state index is 12.1. The van der Waals surface area contributed by atoms with Crippen LogP contribution in [0.3, 0.4) is 0 Å². The summed E-state index contributed by atoms with van der Waals surface area (Å²) in [5.74, 6) is 0.0233. The molecule has 5 nitrogen and oxygen atoms in total. The predicted octanol–water partition coefficient (Wildman–Crippen LogP) is 1.78. The molecule has 1 aromatic carbocycles. The van der Waals surface area contributed by atoms with Crippen molar-refractivity contribution in [1.29, 1.82) is 0 Å². The van der Waals surface area contributed by atoms with Crippen LogP contribution in [0.25, 0.3) is 0 Å². The normalized spacial score (nSPS) is 20.1. The summed E-state index contributed by atoms with van der Waals surface area (Å²) in [4.78, 5) is 13.7. The summed E-state index contributed by atoms with van der Waals surface area (Å²) in [7, 11) is 0. The molecule has 1 saturated heterocycles. The van der Waals surface area contributed by atoms with Crippen LogP contribution >= 0.6 is 0 Å². The van der Waals surface area contributed by atoms with E-state index in [9.17, 15) is 9.90 Å². The van der Waals surface area contributed by atoms with E-state index in [4.69, 9.17) is 9.84 Å². The molecule has 1 aliphatic rings. The Bertz CT molecular complexity index is 437. The van der Waals surface area contributed by atoms with Gasteiger partial charge in [-0.25, -0.2) is 4.79 Å². The molecular formula is C16H23NO4. The Hall–Kier alpha value is -1.59. The van der Waals surface area contributed by atoms with Crippen LogP contribution in [0.2, 0.25) is 0 Å². The van der Waals surface area contributed by atoms with Gasteiger partial charge in [0.2, 0.25) is 0 Å². The molecule has 116 valence electrons. The Kier molecular flexibility index (Phi) is 6.02. The van der Waals surface area contributed by atoms with Crippen LogP contribution in [-0.2, 0) is 11.3 Å². The van der Waals surface area contributed by atoms with Crippen molar-refractivity contribution in [2.45, 2.75) is 32.0 Å². The van der Waals surface area contributed by atoms with E-state index in [-0.39, 0.29) is 25.2 Å². The number of hydrogen-bond donors (Lipinski definition) is 2. The summed E-state index contributed by atoms with van der Waals surface area (Å²) in [5.41, 5.74) is 0.958. The Morgan fingerprint density at radius 2 is 2.14 bits per heavy atom. The van der Waals surface area contributed by atoms with E-state index < -0.39 is 6.10 Å². The van der Waals surface area contributed by atoms with E-state index in [0.717, 1.165) is 18.4 Å². The third kappa shape index (κ3) is 4.72. The molecular weight excluding hydrogens is 270 g/mol. The molecule has 2 N–H and O–H groups in total. The minimum atomic E-state index is -0.556. The third-order valence-electron chi connectivity index (χ3n) is 3.89. The number of benzene rings is 1. The summed E-state index contributed by atoms with van der Waals surface area (Å²) in [6, 6.07) is 9.56. The lowest BCUT2D eigenvalue weighted by Crippen LogP contribution is -2.43. The van der Waals surface area contributed by atoms with Crippen molar-refractivity contribution in [2.75, 3.05) is 19.7 Å². The second kappa shape index (κ2) is 8.00. The van der Waals surface area contributed by atoms with Crippen LogP contribution in [0.15, 0.2) is 30.3 Å². The highest BCUT2D eigenvalue weighted by Gasteiger charge is 2.28. The lowest BCUT2D eigenvalue weighted by Gasteiger charge is -2.34. The van der Waals surface area contributed by atoms with Gasteiger partial charge < -0.3 is 19.8 Å². The highest BCUT2D eigenvalue weighted by atomic mass is 16.6. The van der Waals surface area contributed by atoms with Crippen LogP contribution < -0.4 is 0 Å². The largest absolute Gasteiger partial charge is 0.445 e. The summed E-state index contributed by atoms with van der Waals surface area (Å²) >= 11 is 0. The van der Waals surface area contributed by atoms with Gasteiger partial charge >= 0.3 is 6.09 Å². The van der Waals surface area contributed by atoms with E-state index in [1.807, 2.05) is 30.3 Å². The second-order valence-electron chi connectivity index (χ2n) is 5.47. The quantitative estimate of drug-likeness (QED) is 0.868. The first-order chi connectivity index (χ1) is 10.2. The van der Waals surface area contributed by atoms with Crippen molar-refractivity contribution in [3.05, 3.63) is 35.9 Å². The molecule has 1 aliphatic heterocycles. The van der Waals surface area contributed by atoms with E-state index in [1.165, 1.54) is 0 Å². The summed E-state index contributed by atoms with van der Waals surface area (Å²) in [5, 5.41) is 18.8. The number of rotatable bonds is 5. The van der Waals surface area contributed by atoms with Gasteiger partial charge in [-0.05, 0) is 24.8 Å². The van der Waals surface area contributed by atoms with Crippen molar-refractivity contribution >= 4 is 6.09 Å². The number of aliphatic hydroxyl groups excluding tert-OH is 2. The zero-order valence-electron chi connectivity index (χ0n) is 12.1. The maximum Gasteiger partial charge on any atom is 0.410 e. The van der Waals surface area contributed by atoms with Crippen molar-refractivity contribution in [1.82, 2.24) is 4.90 Å². The molecule has 1 fully saturated rings. The second-order valence-corrected chi connectivity index (χ2v) is 5.47. The molecule has 5 heteroatoms. The van der Waals surface area contributed by atoms with Gasteiger partial charge in [-0.1, -0.05) is 30.3 Å². The molecule has 0 radical (unpaired) electrons. The number of nitrogens with zero attached hydrogens (tertiary/aromatic N) is 1. The van der Waals surface area contributed by atoms with Gasteiger partial charge in [0, 0.05) is 25.6 Å². The summed E-state index contributed by atoms with van der Waals surface area (Å²) in [6.07, 6.45) is 1.20. The Labute approximate surface area is 125 Å². The summed E-state index contributed by atoms with van der Waals surface area (Å²) in [6.45, 7) is 1.39. The lowest BCUT2D eigenvalue weighted by molar-refractivity contribution is 0.0269. The van der Waals surface area contributed by atoms with Crippen LogP contribution in [-0.4, -0.2) is 47.0 Å². The van der Waals surface area contributed by atoms with Crippen molar-refractivity contribution in [2.24, 2.45) is 5.92 Å². The molecule has 1 aromatic rings. The van der Waals surface area contributed by atoms with Gasteiger partial charge in [-0.2, -0.15) is 0 Å². The zero-order valence-corrected chi connectivity index (χ0v) is 12.1. The minimum Gasteiger partial charge on any atom is -0.445 e. The zero-order chi connectivity index (χ0) is 15.1. The average Bonchev–Trinajstić information content (AvgIpc) is 2.54. The van der Waals surface area contributed by atoms with Crippen LogP contribution in [0.4, 0.5) is 4.79 Å². The number of piperidine rings is 1. The number of carbonyl (C=O) groups is 1. The van der Waals surface area contributed by atoms with E-state index in [2.05, 4.69) is 0 Å². The first-order valence-electron chi connectivity index (χ1n) is 7.45. The number of aliphatic hydroxyl groups is 2. The molecule has 0 saturated carbocycles. The molecule has 2 atom stereocenters. The molecule has 0 bridgehead atoms. The number of amides is 1. The molecule has 2 rings (SSSR count). The Morgan fingerprint density at radius 3 is 2.86 bits per heavy atom. The summed E-state index contributed by atoms with van der Waals surface area (Å²) < 4.78 is 5.31. The monoisotopic (exact) mass is 293 g/mol. The minimum absolute atomic E-state index is 0.0233. The standard InChI is InChI=1S/C16H23NO4/c18-10-8-15(19)14-7-4-9-17(11-14)16(20)21-12-13-5-2-1-3-6-13/h1-3,5-6,14-15,18-19H,4,7-12H2/t14-,15+/m0/s1. The average molecular weight is 293 g/mol. The van der Waals surface area contributed by atoms with Gasteiger partial charge in [-0.3, -0.25) is 0 Å². The third-order valence-corrected chi connectivity index (χ3v) is 3.89. The Balaban J connectivity index is 1.81. The fourth-order valence-electron chi connectivity index (χ4n) is 2.67. The van der Waals surface area contributed by atoms with Crippen molar-refractivity contribution in [3.63, 3.8) is 0 Å². The number of hydrogen-bond acceptors (Lipinski definition) is 4. The lowest BCUT2D eigenvalue weighted by atomic mass is 9.91. The number of likely N-dealkylation sites (tertiary alicyclic amines) is 1. The fourth-order valence-corrected chi connectivity index (χ4v) is 2.67. The van der Waals surface area contributed by atoms with Crippen LogP contribution in [0.1, 0.15) is 24.8 Å². The van der Waals surface area contributed by atoms with Gasteiger partial charge in [0.25, 0.3) is 0 Å². The maximum absolute atomic E-state index is 12.1. The van der Waals surface area contributed by atoms with Gasteiger partial charge in [0.05, 0.1) is 6.10 Å². The first-order valence-corrected chi connectivity index (χ1v) is 7.45. The molecule has 0 aliphatic carbocycles. The fraction of sp³-hybridized carbons (Fsp3) is 0.562. The predicted molar refractivity (Wildman–Crippen MR) is 78.6 cm³/mol.